The lowest BCUT2D eigenvalue weighted by Crippen LogP contribution is -2.55. The van der Waals surface area contributed by atoms with E-state index in [4.69, 9.17) is 35.3 Å². The Morgan fingerprint density at radius 1 is 0.689 bits per heavy atom. The fraction of sp³-hybridized carbons (Fsp3) is 0.684. The van der Waals surface area contributed by atoms with Crippen molar-refractivity contribution in [2.75, 3.05) is 39.6 Å². The Morgan fingerprint density at radius 2 is 1.31 bits per heavy atom. The summed E-state index contributed by atoms with van der Waals surface area (Å²) in [7, 11) is 0. The van der Waals surface area contributed by atoms with Gasteiger partial charge in [-0.1, -0.05) is 83.2 Å². The summed E-state index contributed by atoms with van der Waals surface area (Å²) in [5.41, 5.74) is 4.79. The number of aryl methyl sites for hydroxylation is 1. The van der Waals surface area contributed by atoms with Crippen molar-refractivity contribution in [1.29, 1.82) is 0 Å². The monoisotopic (exact) mass is 662 g/mol. The van der Waals surface area contributed by atoms with E-state index in [1.807, 2.05) is 18.7 Å². The molecule has 2 aromatic carbocycles. The lowest BCUT2D eigenvalue weighted by molar-refractivity contribution is -0.149. The molecule has 3 rings (SSSR count). The van der Waals surface area contributed by atoms with Gasteiger partial charge in [-0.25, -0.2) is 0 Å². The van der Waals surface area contributed by atoms with Crippen LogP contribution in [0.5, 0.6) is 5.75 Å². The first-order chi connectivity index (χ1) is 22.0. The van der Waals surface area contributed by atoms with Gasteiger partial charge in [-0.05, 0) is 86.4 Å². The zero-order chi connectivity index (χ0) is 32.4. The van der Waals surface area contributed by atoms with Crippen LogP contribution >= 0.6 is 23.4 Å². The minimum Gasteiger partial charge on any atom is -0.494 e. The van der Waals surface area contributed by atoms with Crippen molar-refractivity contribution in [2.24, 2.45) is 0 Å². The molecular formula is C38H59ClO5S. The van der Waals surface area contributed by atoms with E-state index < -0.39 is 0 Å². The third kappa shape index (κ3) is 12.0. The zero-order valence-electron chi connectivity index (χ0n) is 28.8. The molecule has 0 amide bonds. The molecule has 2 aromatic rings. The van der Waals surface area contributed by atoms with E-state index in [0.717, 1.165) is 87.3 Å². The zero-order valence-corrected chi connectivity index (χ0v) is 30.4. The number of benzene rings is 2. The van der Waals surface area contributed by atoms with E-state index in [9.17, 15) is 0 Å². The molecule has 254 valence electrons. The maximum Gasteiger partial charge on any atom is 0.119 e. The molecule has 0 aliphatic carbocycles. The third-order valence-electron chi connectivity index (χ3n) is 8.39. The number of rotatable bonds is 22. The minimum absolute atomic E-state index is 0.0664. The highest BCUT2D eigenvalue weighted by molar-refractivity contribution is 8.00. The summed E-state index contributed by atoms with van der Waals surface area (Å²) in [6, 6.07) is 12.9. The Morgan fingerprint density at radius 3 is 1.93 bits per heavy atom. The number of halogens is 1. The predicted molar refractivity (Wildman–Crippen MR) is 190 cm³/mol. The second-order valence-corrected chi connectivity index (χ2v) is 13.9. The van der Waals surface area contributed by atoms with Gasteiger partial charge in [0, 0.05) is 31.5 Å². The first-order valence-corrected chi connectivity index (χ1v) is 18.9. The van der Waals surface area contributed by atoms with Gasteiger partial charge >= 0.3 is 0 Å². The molecule has 1 aliphatic heterocycles. The summed E-state index contributed by atoms with van der Waals surface area (Å²) >= 11 is 8.80. The van der Waals surface area contributed by atoms with E-state index >= 15 is 0 Å². The predicted octanol–water partition coefficient (Wildman–Crippen LogP) is 10.2. The Kier molecular flexibility index (Phi) is 18.3. The SMILES string of the molecule is CCCCOC[C@H]1S[C@@H](c2ccc(Cl)c(Cc3ccc(OCC)cc3C)c2)[C@H](OCCCC)[C@@H](OCCCC)[C@@H]1OCCCC. The Labute approximate surface area is 283 Å². The van der Waals surface area contributed by atoms with E-state index in [2.05, 4.69) is 71.0 Å². The van der Waals surface area contributed by atoms with Crippen molar-refractivity contribution < 1.29 is 23.7 Å². The van der Waals surface area contributed by atoms with E-state index in [1.165, 1.54) is 16.7 Å². The molecule has 5 nitrogen and oxygen atoms in total. The van der Waals surface area contributed by atoms with Crippen LogP contribution in [0.4, 0.5) is 0 Å². The molecule has 1 heterocycles. The molecule has 1 aliphatic rings. The Hall–Kier alpha value is -1.28. The van der Waals surface area contributed by atoms with Crippen LogP contribution in [0.25, 0.3) is 0 Å². The molecule has 5 atom stereocenters. The lowest BCUT2D eigenvalue weighted by Gasteiger charge is -2.46. The first kappa shape index (κ1) is 38.2. The largest absolute Gasteiger partial charge is 0.494 e. The number of thioether (sulfide) groups is 1. The average Bonchev–Trinajstić information content (AvgIpc) is 3.03. The van der Waals surface area contributed by atoms with Gasteiger partial charge in [0.25, 0.3) is 0 Å². The van der Waals surface area contributed by atoms with E-state index in [1.54, 1.807) is 0 Å². The van der Waals surface area contributed by atoms with E-state index in [0.29, 0.717) is 26.4 Å². The maximum atomic E-state index is 6.86. The van der Waals surface area contributed by atoms with Gasteiger partial charge in [-0.15, -0.1) is 11.8 Å². The first-order valence-electron chi connectivity index (χ1n) is 17.6. The third-order valence-corrected chi connectivity index (χ3v) is 10.3. The molecule has 0 N–H and O–H groups in total. The maximum absolute atomic E-state index is 6.86. The van der Waals surface area contributed by atoms with Gasteiger partial charge in [-0.3, -0.25) is 0 Å². The molecular weight excluding hydrogens is 604 g/mol. The van der Waals surface area contributed by atoms with Crippen LogP contribution in [-0.2, 0) is 25.4 Å². The van der Waals surface area contributed by atoms with Crippen LogP contribution in [0.15, 0.2) is 36.4 Å². The second kappa shape index (κ2) is 21.6. The summed E-state index contributed by atoms with van der Waals surface area (Å²) in [6.07, 6.45) is 8.86. The molecule has 0 aromatic heterocycles. The number of unbranched alkanes of at least 4 members (excludes halogenated alkanes) is 4. The summed E-state index contributed by atoms with van der Waals surface area (Å²) in [5.74, 6) is 0.904. The fourth-order valence-corrected chi connectivity index (χ4v) is 7.48. The number of ether oxygens (including phenoxy) is 5. The minimum atomic E-state index is -0.177. The molecule has 0 unspecified atom stereocenters. The van der Waals surface area contributed by atoms with Gasteiger partial charge in [0.2, 0.25) is 0 Å². The molecule has 7 heteroatoms. The fourth-order valence-electron chi connectivity index (χ4n) is 5.66. The van der Waals surface area contributed by atoms with Gasteiger partial charge in [0.1, 0.15) is 24.1 Å². The van der Waals surface area contributed by atoms with Gasteiger partial charge in [0.15, 0.2) is 0 Å². The average molecular weight is 663 g/mol. The summed E-state index contributed by atoms with van der Waals surface area (Å²) in [4.78, 5) is 0. The number of hydrogen-bond donors (Lipinski definition) is 0. The molecule has 0 saturated carbocycles. The van der Waals surface area contributed by atoms with Crippen molar-refractivity contribution in [3.05, 3.63) is 63.7 Å². The van der Waals surface area contributed by atoms with Crippen LogP contribution in [0.1, 0.15) is 113 Å². The van der Waals surface area contributed by atoms with Gasteiger partial charge in [-0.2, -0.15) is 0 Å². The molecule has 1 saturated heterocycles. The van der Waals surface area contributed by atoms with Crippen molar-refractivity contribution >= 4 is 23.4 Å². The van der Waals surface area contributed by atoms with Crippen LogP contribution in [0, 0.1) is 6.92 Å². The number of hydrogen-bond acceptors (Lipinski definition) is 6. The summed E-state index contributed by atoms with van der Waals surface area (Å²) in [5, 5.41) is 0.984. The van der Waals surface area contributed by atoms with Crippen LogP contribution in [0.2, 0.25) is 5.02 Å². The Balaban J connectivity index is 1.99. The molecule has 1 fully saturated rings. The second-order valence-electron chi connectivity index (χ2n) is 12.1. The molecule has 45 heavy (non-hydrogen) atoms. The highest BCUT2D eigenvalue weighted by Gasteiger charge is 2.48. The quantitative estimate of drug-likeness (QED) is 0.117. The summed E-state index contributed by atoms with van der Waals surface area (Å²) < 4.78 is 32.2. The standard InChI is InChI=1S/C38H59ClO5S/c1-7-12-20-40-27-34-35(42-21-13-8-2)36(43-22-14-9-3)37(44-23-15-10-4)38(45-34)30-17-19-33(39)31(26-30)25-29-16-18-32(41-11-5)24-28(29)6/h16-19,24,26,34-38H,7-15,20-23,25,27H2,1-6H3/t34-,35-,36+,37-,38+/m1/s1. The van der Waals surface area contributed by atoms with Gasteiger partial charge in [0.05, 0.1) is 23.7 Å². The van der Waals surface area contributed by atoms with E-state index in [-0.39, 0.29) is 28.8 Å². The lowest BCUT2D eigenvalue weighted by atomic mass is 9.93. The van der Waals surface area contributed by atoms with Crippen LogP contribution in [-0.4, -0.2) is 63.2 Å². The Bertz CT molecular complexity index is 1100. The summed E-state index contributed by atoms with van der Waals surface area (Å²) in [6.45, 7) is 17.2. The molecule has 0 radical (unpaired) electrons. The van der Waals surface area contributed by atoms with Crippen molar-refractivity contribution in [1.82, 2.24) is 0 Å². The highest BCUT2D eigenvalue weighted by atomic mass is 35.5. The van der Waals surface area contributed by atoms with Gasteiger partial charge < -0.3 is 23.7 Å². The molecule has 0 spiro atoms. The van der Waals surface area contributed by atoms with Crippen molar-refractivity contribution in [3.8, 4) is 5.75 Å². The van der Waals surface area contributed by atoms with Crippen LogP contribution < -0.4 is 4.74 Å². The van der Waals surface area contributed by atoms with Crippen LogP contribution in [0.3, 0.4) is 0 Å². The van der Waals surface area contributed by atoms with Crippen molar-refractivity contribution in [2.45, 2.75) is 128 Å². The smallest absolute Gasteiger partial charge is 0.119 e. The normalized spacial score (nSPS) is 21.7. The molecule has 0 bridgehead atoms. The van der Waals surface area contributed by atoms with Crippen molar-refractivity contribution in [3.63, 3.8) is 0 Å². The topological polar surface area (TPSA) is 46.2 Å². The highest BCUT2D eigenvalue weighted by Crippen LogP contribution is 2.47.